The van der Waals surface area contributed by atoms with Crippen molar-refractivity contribution in [2.45, 2.75) is 32.2 Å². The number of carbonyl (C=O) groups is 1. The molecule has 2 saturated carbocycles. The van der Waals surface area contributed by atoms with Gasteiger partial charge in [0.1, 0.15) is 5.69 Å². The number of aromatic nitrogens is 2. The van der Waals surface area contributed by atoms with Crippen LogP contribution in [0.15, 0.2) is 17.6 Å². The molecule has 2 aliphatic rings. The van der Waals surface area contributed by atoms with Gasteiger partial charge >= 0.3 is 0 Å². The molecule has 0 aliphatic heterocycles. The van der Waals surface area contributed by atoms with Gasteiger partial charge in [0.15, 0.2) is 0 Å². The second-order valence-electron chi connectivity index (χ2n) is 6.73. The van der Waals surface area contributed by atoms with Gasteiger partial charge in [-0.3, -0.25) is 4.79 Å². The van der Waals surface area contributed by atoms with Crippen molar-refractivity contribution in [3.05, 3.63) is 28.3 Å². The Morgan fingerprint density at radius 1 is 1.48 bits per heavy atom. The number of thiazole rings is 1. The molecule has 2 aromatic rings. The molecule has 0 radical (unpaired) electrons. The van der Waals surface area contributed by atoms with Crippen molar-refractivity contribution in [2.75, 3.05) is 6.61 Å². The smallest absolute Gasteiger partial charge is 0.267 e. The molecular weight excluding hydrogens is 310 g/mol. The van der Waals surface area contributed by atoms with E-state index in [0.29, 0.717) is 17.5 Å². The van der Waals surface area contributed by atoms with Crippen LogP contribution in [0.3, 0.4) is 0 Å². The van der Waals surface area contributed by atoms with Crippen molar-refractivity contribution < 1.29 is 9.90 Å². The van der Waals surface area contributed by atoms with Gasteiger partial charge in [-0.1, -0.05) is 0 Å². The Bertz CT molecular complexity index is 723. The molecule has 23 heavy (non-hydrogen) atoms. The van der Waals surface area contributed by atoms with Crippen LogP contribution in [0.5, 0.6) is 0 Å². The largest absolute Gasteiger partial charge is 0.396 e. The Morgan fingerprint density at radius 2 is 2.30 bits per heavy atom. The molecule has 4 unspecified atom stereocenters. The van der Waals surface area contributed by atoms with Gasteiger partial charge in [-0.25, -0.2) is 4.98 Å². The van der Waals surface area contributed by atoms with Gasteiger partial charge in [0.2, 0.25) is 0 Å². The van der Waals surface area contributed by atoms with Crippen LogP contribution in [0.1, 0.15) is 34.8 Å². The van der Waals surface area contributed by atoms with E-state index in [1.807, 2.05) is 24.6 Å². The lowest BCUT2D eigenvalue weighted by Gasteiger charge is -2.30. The fourth-order valence-corrected chi connectivity index (χ4v) is 4.92. The number of hydrogen-bond acceptors (Lipinski definition) is 4. The summed E-state index contributed by atoms with van der Waals surface area (Å²) in [7, 11) is 0. The van der Waals surface area contributed by atoms with Crippen molar-refractivity contribution in [3.8, 4) is 11.3 Å². The van der Waals surface area contributed by atoms with Gasteiger partial charge in [0.05, 0.1) is 10.7 Å². The first-order chi connectivity index (χ1) is 11.2. The molecule has 2 aliphatic carbocycles. The minimum absolute atomic E-state index is 0.0841. The van der Waals surface area contributed by atoms with Crippen LogP contribution in [0.25, 0.3) is 11.3 Å². The third-order valence-electron chi connectivity index (χ3n) is 5.44. The van der Waals surface area contributed by atoms with Gasteiger partial charge in [-0.15, -0.1) is 11.3 Å². The summed E-state index contributed by atoms with van der Waals surface area (Å²) in [6, 6.07) is 1.96. The molecular formula is C17H21N3O2S. The van der Waals surface area contributed by atoms with Crippen LogP contribution in [0.2, 0.25) is 0 Å². The zero-order valence-corrected chi connectivity index (χ0v) is 13.9. The third-order valence-corrected chi connectivity index (χ3v) is 6.21. The summed E-state index contributed by atoms with van der Waals surface area (Å²) in [5.74, 6) is 1.23. The lowest BCUT2D eigenvalue weighted by molar-refractivity contribution is 0.0857. The summed E-state index contributed by atoms with van der Waals surface area (Å²) in [4.78, 5) is 20.0. The van der Waals surface area contributed by atoms with Crippen LogP contribution < -0.4 is 5.32 Å². The quantitative estimate of drug-likeness (QED) is 0.806. The maximum atomic E-state index is 12.5. The molecule has 4 rings (SSSR count). The van der Waals surface area contributed by atoms with Crippen molar-refractivity contribution in [2.24, 2.45) is 17.8 Å². The van der Waals surface area contributed by atoms with Gasteiger partial charge in [-0.05, 0) is 44.1 Å². The molecule has 0 aromatic carbocycles. The zero-order chi connectivity index (χ0) is 16.0. The summed E-state index contributed by atoms with van der Waals surface area (Å²) in [6.45, 7) is 2.14. The summed E-state index contributed by atoms with van der Waals surface area (Å²) in [5.41, 5.74) is 2.40. The standard InChI is InChI=1S/C17H21N3O2S/c1-9-19-15(8-23-9)12-5-14(18-6-12)17(22)20-16-11-3-2-10(4-11)13(16)7-21/h5-6,8,10-11,13,16,18,21H,2-4,7H2,1H3,(H,20,22). The van der Waals surface area contributed by atoms with Crippen LogP contribution in [-0.2, 0) is 0 Å². The first-order valence-corrected chi connectivity index (χ1v) is 9.06. The summed E-state index contributed by atoms with van der Waals surface area (Å²) >= 11 is 1.60. The van der Waals surface area contributed by atoms with Gasteiger partial charge < -0.3 is 15.4 Å². The maximum Gasteiger partial charge on any atom is 0.267 e. The van der Waals surface area contributed by atoms with E-state index in [1.165, 1.54) is 12.8 Å². The predicted molar refractivity (Wildman–Crippen MR) is 89.3 cm³/mol. The highest BCUT2D eigenvalue weighted by Crippen LogP contribution is 2.48. The lowest BCUT2D eigenvalue weighted by Crippen LogP contribution is -2.45. The fourth-order valence-electron chi connectivity index (χ4n) is 4.30. The molecule has 2 heterocycles. The molecule has 122 valence electrons. The number of aromatic amines is 1. The number of aryl methyl sites for hydroxylation is 1. The number of aliphatic hydroxyl groups excluding tert-OH is 1. The monoisotopic (exact) mass is 331 g/mol. The number of nitrogens with one attached hydrogen (secondary N) is 2. The molecule has 2 fully saturated rings. The molecule has 0 spiro atoms. The Kier molecular flexibility index (Phi) is 3.73. The summed E-state index contributed by atoms with van der Waals surface area (Å²) < 4.78 is 0. The summed E-state index contributed by atoms with van der Waals surface area (Å²) in [5, 5.41) is 15.8. The fraction of sp³-hybridized carbons (Fsp3) is 0.529. The van der Waals surface area contributed by atoms with E-state index in [4.69, 9.17) is 0 Å². The van der Waals surface area contributed by atoms with Crippen molar-refractivity contribution in [1.29, 1.82) is 0 Å². The number of hydrogen-bond donors (Lipinski definition) is 3. The SMILES string of the molecule is Cc1nc(-c2c[nH]c(C(=O)NC3C4CCC(C4)C3CO)c2)cs1. The minimum Gasteiger partial charge on any atom is -0.396 e. The third kappa shape index (κ3) is 2.60. The molecule has 0 saturated heterocycles. The Hall–Kier alpha value is -1.66. The molecule has 1 amide bonds. The van der Waals surface area contributed by atoms with Gasteiger partial charge in [0.25, 0.3) is 5.91 Å². The number of H-pyrrole nitrogens is 1. The number of fused-ring (bicyclic) bond motifs is 2. The highest BCUT2D eigenvalue weighted by Gasteiger charge is 2.47. The van der Waals surface area contributed by atoms with Crippen LogP contribution in [0.4, 0.5) is 0 Å². The first-order valence-electron chi connectivity index (χ1n) is 8.18. The van der Waals surface area contributed by atoms with Crippen molar-refractivity contribution in [3.63, 3.8) is 0 Å². The lowest BCUT2D eigenvalue weighted by atomic mass is 9.85. The van der Waals surface area contributed by atoms with E-state index in [0.717, 1.165) is 22.7 Å². The first kappa shape index (κ1) is 14.9. The molecule has 5 nitrogen and oxygen atoms in total. The van der Waals surface area contributed by atoms with E-state index in [-0.39, 0.29) is 24.5 Å². The van der Waals surface area contributed by atoms with Gasteiger partial charge in [0, 0.05) is 35.7 Å². The molecule has 3 N–H and O–H groups in total. The van der Waals surface area contributed by atoms with E-state index in [2.05, 4.69) is 15.3 Å². The maximum absolute atomic E-state index is 12.5. The van der Waals surface area contributed by atoms with E-state index < -0.39 is 0 Å². The normalized spacial score (nSPS) is 29.1. The second kappa shape index (κ2) is 5.76. The Labute approximate surface area is 139 Å². The average molecular weight is 331 g/mol. The number of amides is 1. The number of rotatable bonds is 4. The number of aliphatic hydroxyl groups is 1. The summed E-state index contributed by atoms with van der Waals surface area (Å²) in [6.07, 6.45) is 5.33. The Balaban J connectivity index is 1.48. The Morgan fingerprint density at radius 3 is 3.04 bits per heavy atom. The van der Waals surface area contributed by atoms with E-state index in [9.17, 15) is 9.90 Å². The topological polar surface area (TPSA) is 78.0 Å². The van der Waals surface area contributed by atoms with Crippen molar-refractivity contribution in [1.82, 2.24) is 15.3 Å². The molecule has 2 aromatic heterocycles. The minimum atomic E-state index is -0.0841. The molecule has 4 atom stereocenters. The zero-order valence-electron chi connectivity index (χ0n) is 13.1. The molecule has 2 bridgehead atoms. The van der Waals surface area contributed by atoms with Gasteiger partial charge in [-0.2, -0.15) is 0 Å². The van der Waals surface area contributed by atoms with Crippen LogP contribution in [-0.4, -0.2) is 33.6 Å². The average Bonchev–Trinajstić information content (AvgIpc) is 3.30. The van der Waals surface area contributed by atoms with E-state index >= 15 is 0 Å². The number of nitrogens with zero attached hydrogens (tertiary/aromatic N) is 1. The highest BCUT2D eigenvalue weighted by atomic mass is 32.1. The van der Waals surface area contributed by atoms with E-state index in [1.54, 1.807) is 11.3 Å². The second-order valence-corrected chi connectivity index (χ2v) is 7.79. The highest BCUT2D eigenvalue weighted by molar-refractivity contribution is 7.09. The van der Waals surface area contributed by atoms with Crippen LogP contribution in [0, 0.1) is 24.7 Å². The van der Waals surface area contributed by atoms with Crippen LogP contribution >= 0.6 is 11.3 Å². The number of carbonyl (C=O) groups excluding carboxylic acids is 1. The van der Waals surface area contributed by atoms with Crippen molar-refractivity contribution >= 4 is 17.2 Å². The molecule has 6 heteroatoms. The predicted octanol–water partition coefficient (Wildman–Crippen LogP) is 2.58.